The largest absolute Gasteiger partial charge is 0.369 e. The monoisotopic (exact) mass is 392 g/mol. The van der Waals surface area contributed by atoms with Gasteiger partial charge in [-0.2, -0.15) is 5.10 Å². The maximum atomic E-state index is 12.7. The molecule has 0 spiro atoms. The summed E-state index contributed by atoms with van der Waals surface area (Å²) in [4.78, 5) is 22.2. The van der Waals surface area contributed by atoms with Crippen LogP contribution >= 0.6 is 0 Å². The van der Waals surface area contributed by atoms with Crippen LogP contribution in [0.2, 0.25) is 0 Å². The van der Waals surface area contributed by atoms with Crippen LogP contribution in [0, 0.1) is 5.92 Å². The van der Waals surface area contributed by atoms with Crippen LogP contribution < -0.4 is 10.5 Å². The first-order chi connectivity index (χ1) is 14.2. The second-order valence-corrected chi connectivity index (χ2v) is 8.37. The minimum Gasteiger partial charge on any atom is -0.369 e. The van der Waals surface area contributed by atoms with E-state index in [-0.39, 0.29) is 5.56 Å². The number of aryl methyl sites for hydroxylation is 1. The van der Waals surface area contributed by atoms with Crippen molar-refractivity contribution in [3.8, 4) is 0 Å². The molecule has 0 bridgehead atoms. The lowest BCUT2D eigenvalue weighted by molar-refractivity contribution is 0.259. The Balaban J connectivity index is 1.23. The summed E-state index contributed by atoms with van der Waals surface area (Å²) in [7, 11) is 2.00. The van der Waals surface area contributed by atoms with Gasteiger partial charge in [0.15, 0.2) is 0 Å². The number of fused-ring (bicyclic) bond motifs is 1. The zero-order valence-electron chi connectivity index (χ0n) is 17.0. The highest BCUT2D eigenvalue weighted by molar-refractivity contribution is 5.81. The Morgan fingerprint density at radius 3 is 2.66 bits per heavy atom. The van der Waals surface area contributed by atoms with Crippen molar-refractivity contribution in [2.75, 3.05) is 37.6 Å². The van der Waals surface area contributed by atoms with E-state index in [0.29, 0.717) is 5.92 Å². The molecule has 1 aliphatic carbocycles. The molecule has 0 amide bonds. The molecular weight excluding hydrogens is 364 g/mol. The molecule has 1 aliphatic heterocycles. The lowest BCUT2D eigenvalue weighted by Crippen LogP contribution is -2.47. The molecule has 1 aromatic carbocycles. The minimum atomic E-state index is 0.0911. The Morgan fingerprint density at radius 2 is 1.93 bits per heavy atom. The zero-order valence-corrected chi connectivity index (χ0v) is 17.0. The lowest BCUT2D eigenvalue weighted by Gasteiger charge is -2.36. The minimum absolute atomic E-state index is 0.0911. The van der Waals surface area contributed by atoms with Crippen molar-refractivity contribution in [2.45, 2.75) is 25.8 Å². The van der Waals surface area contributed by atoms with Crippen LogP contribution in [0.1, 0.15) is 18.5 Å². The first-order valence-electron chi connectivity index (χ1n) is 10.6. The molecule has 1 saturated heterocycles. The van der Waals surface area contributed by atoms with E-state index in [9.17, 15) is 4.79 Å². The maximum absolute atomic E-state index is 12.7. The van der Waals surface area contributed by atoms with Gasteiger partial charge in [-0.3, -0.25) is 18.9 Å². The molecule has 5 rings (SSSR count). The van der Waals surface area contributed by atoms with Crippen molar-refractivity contribution in [3.05, 3.63) is 52.8 Å². The first kappa shape index (κ1) is 18.4. The van der Waals surface area contributed by atoms with Crippen LogP contribution in [-0.2, 0) is 20.0 Å². The predicted octanol–water partition coefficient (Wildman–Crippen LogP) is 1.90. The van der Waals surface area contributed by atoms with E-state index in [1.807, 2.05) is 24.0 Å². The second kappa shape index (κ2) is 7.63. The highest BCUT2D eigenvalue weighted by atomic mass is 16.1. The molecule has 0 unspecified atom stereocenters. The summed E-state index contributed by atoms with van der Waals surface area (Å²) in [6.07, 6.45) is 7.09. The Bertz CT molecular complexity index is 1060. The molecule has 7 nitrogen and oxygen atoms in total. The fourth-order valence-electron chi connectivity index (χ4n) is 4.20. The zero-order chi connectivity index (χ0) is 19.8. The van der Waals surface area contributed by atoms with Gasteiger partial charge in [0, 0.05) is 70.3 Å². The number of aromatic nitrogens is 4. The smallest absolute Gasteiger partial charge is 0.261 e. The Hall–Kier alpha value is -2.67. The number of hydrogen-bond donors (Lipinski definition) is 0. The summed E-state index contributed by atoms with van der Waals surface area (Å²) < 4.78 is 3.73. The number of piperazine rings is 1. The SMILES string of the molecule is Cn1nccc1CCN1CCN(c2ccc3c(=O)n(CC4CC4)cnc3c2)CC1. The molecule has 7 heteroatoms. The number of anilines is 1. The Labute approximate surface area is 170 Å². The van der Waals surface area contributed by atoms with Crippen LogP contribution in [0.4, 0.5) is 5.69 Å². The third-order valence-corrected chi connectivity index (χ3v) is 6.30. The van der Waals surface area contributed by atoms with Gasteiger partial charge < -0.3 is 4.90 Å². The van der Waals surface area contributed by atoms with Crippen LogP contribution in [0.5, 0.6) is 0 Å². The van der Waals surface area contributed by atoms with Crippen molar-refractivity contribution < 1.29 is 0 Å². The molecule has 2 aliphatic rings. The third-order valence-electron chi connectivity index (χ3n) is 6.30. The van der Waals surface area contributed by atoms with Gasteiger partial charge in [0.05, 0.1) is 17.2 Å². The van der Waals surface area contributed by atoms with E-state index in [1.165, 1.54) is 18.5 Å². The fourth-order valence-corrected chi connectivity index (χ4v) is 4.20. The molecule has 0 atom stereocenters. The summed E-state index contributed by atoms with van der Waals surface area (Å²) in [5, 5.41) is 4.97. The number of hydrogen-bond acceptors (Lipinski definition) is 5. The maximum Gasteiger partial charge on any atom is 0.261 e. The molecule has 152 valence electrons. The van der Waals surface area contributed by atoms with Crippen molar-refractivity contribution in [2.24, 2.45) is 13.0 Å². The summed E-state index contributed by atoms with van der Waals surface area (Å²) in [6.45, 7) is 5.96. The topological polar surface area (TPSA) is 59.2 Å². The highest BCUT2D eigenvalue weighted by Gasteiger charge is 2.23. The Kier molecular flexibility index (Phi) is 4.83. The van der Waals surface area contributed by atoms with E-state index in [0.717, 1.165) is 62.3 Å². The van der Waals surface area contributed by atoms with Crippen LogP contribution in [-0.4, -0.2) is 57.0 Å². The van der Waals surface area contributed by atoms with Gasteiger partial charge in [-0.15, -0.1) is 0 Å². The van der Waals surface area contributed by atoms with Gasteiger partial charge in [-0.25, -0.2) is 4.98 Å². The van der Waals surface area contributed by atoms with Crippen LogP contribution in [0.3, 0.4) is 0 Å². The molecule has 2 aromatic heterocycles. The molecule has 3 aromatic rings. The second-order valence-electron chi connectivity index (χ2n) is 8.37. The average molecular weight is 393 g/mol. The number of rotatable bonds is 6. The van der Waals surface area contributed by atoms with Crippen molar-refractivity contribution in [3.63, 3.8) is 0 Å². The molecule has 2 fully saturated rings. The van der Waals surface area contributed by atoms with Gasteiger partial charge in [0.1, 0.15) is 0 Å². The van der Waals surface area contributed by atoms with E-state index in [1.54, 1.807) is 10.9 Å². The quantitative estimate of drug-likeness (QED) is 0.641. The molecule has 1 saturated carbocycles. The van der Waals surface area contributed by atoms with Gasteiger partial charge >= 0.3 is 0 Å². The molecule has 0 N–H and O–H groups in total. The van der Waals surface area contributed by atoms with Crippen molar-refractivity contribution in [1.29, 1.82) is 0 Å². The van der Waals surface area contributed by atoms with Crippen LogP contribution in [0.25, 0.3) is 10.9 Å². The predicted molar refractivity (Wildman–Crippen MR) is 114 cm³/mol. The van der Waals surface area contributed by atoms with Crippen molar-refractivity contribution >= 4 is 16.6 Å². The average Bonchev–Trinajstić information content (AvgIpc) is 3.48. The lowest BCUT2D eigenvalue weighted by atomic mass is 10.2. The summed E-state index contributed by atoms with van der Waals surface area (Å²) in [5.41, 5.74) is 3.34. The molecular formula is C22H28N6O. The third kappa shape index (κ3) is 3.92. The Morgan fingerprint density at radius 1 is 1.10 bits per heavy atom. The number of benzene rings is 1. The van der Waals surface area contributed by atoms with Crippen LogP contribution in [0.15, 0.2) is 41.6 Å². The first-order valence-corrected chi connectivity index (χ1v) is 10.6. The fraction of sp³-hybridized carbons (Fsp3) is 0.500. The van der Waals surface area contributed by atoms with E-state index < -0.39 is 0 Å². The highest BCUT2D eigenvalue weighted by Crippen LogP contribution is 2.30. The van der Waals surface area contributed by atoms with E-state index in [4.69, 9.17) is 0 Å². The molecule has 3 heterocycles. The van der Waals surface area contributed by atoms with Gasteiger partial charge in [-0.05, 0) is 43.0 Å². The van der Waals surface area contributed by atoms with E-state index in [2.05, 4.69) is 38.1 Å². The van der Waals surface area contributed by atoms with Gasteiger partial charge in [-0.1, -0.05) is 0 Å². The number of nitrogens with zero attached hydrogens (tertiary/aromatic N) is 6. The van der Waals surface area contributed by atoms with Crippen molar-refractivity contribution in [1.82, 2.24) is 24.2 Å². The molecule has 29 heavy (non-hydrogen) atoms. The van der Waals surface area contributed by atoms with E-state index >= 15 is 0 Å². The summed E-state index contributed by atoms with van der Waals surface area (Å²) >= 11 is 0. The standard InChI is InChI=1S/C22H28N6O/c1-25-18(6-8-24-25)7-9-26-10-12-27(13-11-26)19-4-5-20-21(14-19)23-16-28(22(20)29)15-17-2-3-17/h4-6,8,14,16-17H,2-3,7,9-13,15H2,1H3. The van der Waals surface area contributed by atoms with Gasteiger partial charge in [0.25, 0.3) is 5.56 Å². The summed E-state index contributed by atoms with van der Waals surface area (Å²) in [5.74, 6) is 0.667. The van der Waals surface area contributed by atoms with Gasteiger partial charge in [0.2, 0.25) is 0 Å². The molecule has 0 radical (unpaired) electrons. The summed E-state index contributed by atoms with van der Waals surface area (Å²) in [6, 6.07) is 8.21. The normalized spacial score (nSPS) is 17.9.